The lowest BCUT2D eigenvalue weighted by atomic mass is 9.80. The van der Waals surface area contributed by atoms with Gasteiger partial charge in [-0.3, -0.25) is 0 Å². The number of benzene rings is 6. The third-order valence-electron chi connectivity index (χ3n) is 9.50. The molecule has 0 amide bonds. The van der Waals surface area contributed by atoms with Crippen LogP contribution in [-0.2, 0) is 5.41 Å². The van der Waals surface area contributed by atoms with Gasteiger partial charge in [0.1, 0.15) is 0 Å². The Morgan fingerprint density at radius 1 is 0.575 bits per heavy atom. The van der Waals surface area contributed by atoms with Crippen molar-refractivity contribution >= 4 is 27.6 Å². The molecule has 0 N–H and O–H groups in total. The van der Waals surface area contributed by atoms with Crippen LogP contribution < -0.4 is 0 Å². The molecule has 0 saturated carbocycles. The van der Waals surface area contributed by atoms with Gasteiger partial charge in [-0.25, -0.2) is 0 Å². The molecule has 0 fully saturated rings. The molecule has 0 heteroatoms. The van der Waals surface area contributed by atoms with Crippen molar-refractivity contribution in [2.24, 2.45) is 0 Å². The van der Waals surface area contributed by atoms with E-state index in [1.807, 2.05) is 0 Å². The minimum Gasteiger partial charge on any atom is -0.0833 e. The van der Waals surface area contributed by atoms with Gasteiger partial charge in [-0.2, -0.15) is 0 Å². The van der Waals surface area contributed by atoms with Crippen LogP contribution >= 0.6 is 0 Å². The fraction of sp³-hybridized carbons (Fsp3) is 0.150. The van der Waals surface area contributed by atoms with Gasteiger partial charge in [0.05, 0.1) is 0 Å². The van der Waals surface area contributed by atoms with Gasteiger partial charge in [-0.1, -0.05) is 130 Å². The maximum atomic E-state index is 2.47. The predicted molar refractivity (Wildman–Crippen MR) is 172 cm³/mol. The van der Waals surface area contributed by atoms with E-state index in [4.69, 9.17) is 0 Å². The Morgan fingerprint density at radius 2 is 1.12 bits per heavy atom. The van der Waals surface area contributed by atoms with Gasteiger partial charge in [0, 0.05) is 5.41 Å². The largest absolute Gasteiger partial charge is 0.0833 e. The lowest BCUT2D eigenvalue weighted by Gasteiger charge is -2.23. The van der Waals surface area contributed by atoms with E-state index in [1.54, 1.807) is 0 Å². The monoisotopic (exact) mass is 512 g/mol. The van der Waals surface area contributed by atoms with Crippen molar-refractivity contribution < 1.29 is 0 Å². The van der Waals surface area contributed by atoms with Gasteiger partial charge in [-0.05, 0) is 102 Å². The van der Waals surface area contributed by atoms with E-state index in [9.17, 15) is 0 Å². The number of hydrogen-bond acceptors (Lipinski definition) is 0. The highest BCUT2D eigenvalue weighted by atomic mass is 14.4. The van der Waals surface area contributed by atoms with E-state index in [2.05, 4.69) is 142 Å². The van der Waals surface area contributed by atoms with Gasteiger partial charge in [-0.15, -0.1) is 0 Å². The third-order valence-corrected chi connectivity index (χ3v) is 9.50. The Morgan fingerprint density at radius 3 is 1.80 bits per heavy atom. The molecule has 2 aliphatic carbocycles. The van der Waals surface area contributed by atoms with Crippen LogP contribution in [0.5, 0.6) is 0 Å². The highest BCUT2D eigenvalue weighted by Gasteiger charge is 2.35. The standard InChI is InChI=1S/C40H32/c1-25-11-10-12-26-23-27(19-21-29(25)26)38-32-14-4-6-16-34(32)39(35-17-7-5-15-33(35)38)28-20-22-31-30-13-8-9-18-36(30)40(2,3)37(31)24-28/h4-10,12-25H,11H2,1-3H3. The summed E-state index contributed by atoms with van der Waals surface area (Å²) in [6.45, 7) is 7.07. The molecular weight excluding hydrogens is 480 g/mol. The molecule has 192 valence electrons. The molecular formula is C40H32. The quantitative estimate of drug-likeness (QED) is 0.202. The summed E-state index contributed by atoms with van der Waals surface area (Å²) in [5.41, 5.74) is 13.6. The zero-order chi connectivity index (χ0) is 27.0. The minimum absolute atomic E-state index is 0.0265. The molecule has 0 saturated heterocycles. The van der Waals surface area contributed by atoms with Crippen molar-refractivity contribution in [3.05, 3.63) is 138 Å². The van der Waals surface area contributed by atoms with E-state index < -0.39 is 0 Å². The first-order valence-electron chi connectivity index (χ1n) is 14.5. The second-order valence-corrected chi connectivity index (χ2v) is 12.2. The average Bonchev–Trinajstić information content (AvgIpc) is 3.22. The lowest BCUT2D eigenvalue weighted by molar-refractivity contribution is 0.660. The summed E-state index contributed by atoms with van der Waals surface area (Å²) < 4.78 is 0. The fourth-order valence-electron chi connectivity index (χ4n) is 7.46. The van der Waals surface area contributed by atoms with Gasteiger partial charge in [0.15, 0.2) is 0 Å². The first kappa shape index (κ1) is 23.5. The Labute approximate surface area is 236 Å². The Hall–Kier alpha value is -4.42. The molecule has 0 radical (unpaired) electrons. The van der Waals surface area contributed by atoms with Crippen molar-refractivity contribution in [1.29, 1.82) is 0 Å². The van der Waals surface area contributed by atoms with Gasteiger partial charge in [0.2, 0.25) is 0 Å². The van der Waals surface area contributed by atoms with E-state index in [1.165, 1.54) is 77.2 Å². The molecule has 0 aliphatic heterocycles. The van der Waals surface area contributed by atoms with Crippen LogP contribution in [-0.4, -0.2) is 0 Å². The maximum Gasteiger partial charge on any atom is 0.0159 e. The fourth-order valence-corrected chi connectivity index (χ4v) is 7.46. The molecule has 0 aromatic heterocycles. The van der Waals surface area contributed by atoms with Crippen LogP contribution in [0.2, 0.25) is 0 Å². The van der Waals surface area contributed by atoms with Crippen LogP contribution in [0.1, 0.15) is 55.4 Å². The zero-order valence-electron chi connectivity index (χ0n) is 23.3. The van der Waals surface area contributed by atoms with E-state index >= 15 is 0 Å². The topological polar surface area (TPSA) is 0 Å². The average molecular weight is 513 g/mol. The number of hydrogen-bond donors (Lipinski definition) is 0. The molecule has 2 aliphatic rings. The summed E-state index contributed by atoms with van der Waals surface area (Å²) in [4.78, 5) is 0. The molecule has 0 nitrogen and oxygen atoms in total. The first-order chi connectivity index (χ1) is 19.5. The molecule has 6 aromatic rings. The zero-order valence-corrected chi connectivity index (χ0v) is 23.3. The summed E-state index contributed by atoms with van der Waals surface area (Å²) in [7, 11) is 0. The lowest BCUT2D eigenvalue weighted by Crippen LogP contribution is -2.14. The van der Waals surface area contributed by atoms with Crippen molar-refractivity contribution in [3.63, 3.8) is 0 Å². The minimum atomic E-state index is -0.0265. The summed E-state index contributed by atoms with van der Waals surface area (Å²) in [5, 5.41) is 5.25. The Kier molecular flexibility index (Phi) is 5.01. The molecule has 1 atom stereocenters. The van der Waals surface area contributed by atoms with Gasteiger partial charge < -0.3 is 0 Å². The van der Waals surface area contributed by atoms with Crippen LogP contribution in [0, 0.1) is 0 Å². The third kappa shape index (κ3) is 3.26. The smallest absolute Gasteiger partial charge is 0.0159 e. The van der Waals surface area contributed by atoms with Crippen molar-refractivity contribution in [3.8, 4) is 33.4 Å². The summed E-state index contributed by atoms with van der Waals surface area (Å²) in [6.07, 6.45) is 5.75. The Bertz CT molecular complexity index is 1960. The van der Waals surface area contributed by atoms with Crippen LogP contribution in [0.3, 0.4) is 0 Å². The summed E-state index contributed by atoms with van der Waals surface area (Å²) >= 11 is 0. The molecule has 1 unspecified atom stereocenters. The first-order valence-corrected chi connectivity index (χ1v) is 14.5. The molecule has 40 heavy (non-hydrogen) atoms. The highest BCUT2D eigenvalue weighted by molar-refractivity contribution is 6.21. The molecule has 0 heterocycles. The molecule has 0 spiro atoms. The number of allylic oxidation sites excluding steroid dienone is 1. The molecule has 6 aromatic carbocycles. The van der Waals surface area contributed by atoms with Crippen LogP contribution in [0.15, 0.2) is 115 Å². The highest BCUT2D eigenvalue weighted by Crippen LogP contribution is 2.51. The maximum absolute atomic E-state index is 2.47. The van der Waals surface area contributed by atoms with E-state index in [0.29, 0.717) is 5.92 Å². The SMILES string of the molecule is CC1CC=Cc2cc(-c3c4ccccc4c(-c4ccc5c(c4)C(C)(C)c4ccccc4-5)c4ccccc34)ccc21. The number of rotatable bonds is 2. The van der Waals surface area contributed by atoms with Crippen molar-refractivity contribution in [2.75, 3.05) is 0 Å². The number of fused-ring (bicyclic) bond motifs is 6. The van der Waals surface area contributed by atoms with E-state index in [-0.39, 0.29) is 5.41 Å². The molecule has 8 rings (SSSR count). The summed E-state index contributed by atoms with van der Waals surface area (Å²) in [6, 6.07) is 41.2. The normalized spacial score (nSPS) is 16.6. The second kappa shape index (κ2) is 8.54. The summed E-state index contributed by atoms with van der Waals surface area (Å²) in [5.74, 6) is 0.570. The van der Waals surface area contributed by atoms with E-state index in [0.717, 1.165) is 6.42 Å². The van der Waals surface area contributed by atoms with Crippen LogP contribution in [0.25, 0.3) is 61.0 Å². The Balaban J connectivity index is 1.41. The van der Waals surface area contributed by atoms with Gasteiger partial charge in [0.25, 0.3) is 0 Å². The van der Waals surface area contributed by atoms with Crippen molar-refractivity contribution in [1.82, 2.24) is 0 Å². The molecule has 0 bridgehead atoms. The second-order valence-electron chi connectivity index (χ2n) is 12.2. The van der Waals surface area contributed by atoms with Gasteiger partial charge >= 0.3 is 0 Å². The van der Waals surface area contributed by atoms with Crippen LogP contribution in [0.4, 0.5) is 0 Å². The van der Waals surface area contributed by atoms with Crippen molar-refractivity contribution in [2.45, 2.75) is 38.5 Å². The predicted octanol–water partition coefficient (Wildman–Crippen LogP) is 11.2.